The van der Waals surface area contributed by atoms with Gasteiger partial charge in [0.15, 0.2) is 0 Å². The van der Waals surface area contributed by atoms with Crippen molar-refractivity contribution >= 4 is 17.9 Å². The Hall–Kier alpha value is -6.87. The third-order valence-corrected chi connectivity index (χ3v) is 17.3. The van der Waals surface area contributed by atoms with Crippen molar-refractivity contribution < 1.29 is 43.9 Å². The highest BCUT2D eigenvalue weighted by Gasteiger charge is 2.33. The minimum Gasteiger partial charge on any atom is -0.507 e. The van der Waals surface area contributed by atoms with Crippen LogP contribution in [0.5, 0.6) is 34.5 Å². The van der Waals surface area contributed by atoms with E-state index in [0.29, 0.717) is 48.7 Å². The predicted octanol–water partition coefficient (Wildman–Crippen LogP) is 19.4. The zero-order valence-electron chi connectivity index (χ0n) is 58.3. The van der Waals surface area contributed by atoms with E-state index in [4.69, 9.17) is 14.2 Å². The lowest BCUT2D eigenvalue weighted by atomic mass is 9.75. The average Bonchev–Trinajstić information content (AvgIpc) is 1.80. The van der Waals surface area contributed by atoms with E-state index in [-0.39, 0.29) is 82.2 Å². The molecule has 0 aliphatic carbocycles. The smallest absolute Gasteiger partial charge is 0.311 e. The fraction of sp³-hybridized carbons (Fsp3) is 0.506. The maximum absolute atomic E-state index is 14.1. The Morgan fingerprint density at radius 2 is 0.580 bits per heavy atom. The van der Waals surface area contributed by atoms with E-state index in [0.717, 1.165) is 100 Å². The molecule has 0 saturated heterocycles. The van der Waals surface area contributed by atoms with Crippen LogP contribution in [-0.2, 0) is 66.1 Å². The van der Waals surface area contributed by atoms with Crippen LogP contribution in [0.3, 0.4) is 0 Å². The zero-order valence-corrected chi connectivity index (χ0v) is 58.3. The van der Waals surface area contributed by atoms with E-state index in [1.54, 1.807) is 0 Å². The van der Waals surface area contributed by atoms with Crippen LogP contribution in [0.25, 0.3) is 0 Å². The van der Waals surface area contributed by atoms with Crippen molar-refractivity contribution in [1.29, 1.82) is 0 Å². The molecule has 1 atom stereocenters. The van der Waals surface area contributed by atoms with E-state index in [1.807, 2.05) is 77.9 Å². The van der Waals surface area contributed by atoms with E-state index < -0.39 is 10.8 Å². The van der Waals surface area contributed by atoms with Crippen LogP contribution in [0, 0.1) is 41.5 Å². The van der Waals surface area contributed by atoms with E-state index >= 15 is 0 Å². The van der Waals surface area contributed by atoms with Crippen LogP contribution >= 0.6 is 0 Å². The molecule has 0 amide bonds. The SMILES string of the molecule is Cc1cc(CCC(=O)Oc2c(C)cc(C(C)CC(c3cc(C)c(OC(=O)CCc4cc(C)c(O)c(C(C)(C)C)c4)c(C(C)(C)C)c3)c3cc(C)c(OC(=O)CCc4cc(C)c(O)c(C(C)(C)C)c4)c(C(C)(C)C)c3)cc2C(C)(C)C)cc(C(C)(C)C)c1O. The molecule has 0 heterocycles. The summed E-state index contributed by atoms with van der Waals surface area (Å²) in [6.45, 7) is 52.0. The number of carbonyl (C=O) groups is 3. The van der Waals surface area contributed by atoms with Crippen molar-refractivity contribution in [2.45, 2.75) is 262 Å². The number of rotatable bonds is 17. The monoisotopic (exact) mass is 1200 g/mol. The fourth-order valence-corrected chi connectivity index (χ4v) is 12.1. The Morgan fingerprint density at radius 1 is 0.341 bits per heavy atom. The predicted molar refractivity (Wildman–Crippen MR) is 361 cm³/mol. The fourth-order valence-electron chi connectivity index (χ4n) is 12.1. The van der Waals surface area contributed by atoms with Gasteiger partial charge in [0.1, 0.15) is 34.5 Å². The van der Waals surface area contributed by atoms with Crippen LogP contribution in [-0.4, -0.2) is 33.2 Å². The van der Waals surface area contributed by atoms with Crippen molar-refractivity contribution in [1.82, 2.24) is 0 Å². The Kier molecular flexibility index (Phi) is 21.0. The molecule has 1 unspecified atom stereocenters. The van der Waals surface area contributed by atoms with Gasteiger partial charge >= 0.3 is 17.9 Å². The van der Waals surface area contributed by atoms with Crippen molar-refractivity contribution in [3.05, 3.63) is 173 Å². The maximum atomic E-state index is 14.1. The Labute approximate surface area is 529 Å². The summed E-state index contributed by atoms with van der Waals surface area (Å²) in [6.07, 6.45) is 2.55. The molecule has 6 aromatic rings. The number of hydrogen-bond donors (Lipinski definition) is 3. The lowest BCUT2D eigenvalue weighted by Crippen LogP contribution is -2.20. The molecule has 6 aromatic carbocycles. The van der Waals surface area contributed by atoms with Gasteiger partial charge in [0.2, 0.25) is 0 Å². The van der Waals surface area contributed by atoms with Gasteiger partial charge in [-0.15, -0.1) is 0 Å². The number of carbonyl (C=O) groups excluding carboxylic acids is 3. The second-order valence-electron chi connectivity index (χ2n) is 31.7. The van der Waals surface area contributed by atoms with Gasteiger partial charge in [-0.3, -0.25) is 14.4 Å². The highest BCUT2D eigenvalue weighted by atomic mass is 16.5. The van der Waals surface area contributed by atoms with Gasteiger partial charge in [-0.05, 0) is 189 Å². The first-order valence-electron chi connectivity index (χ1n) is 31.8. The van der Waals surface area contributed by atoms with Crippen LogP contribution in [0.1, 0.15) is 269 Å². The number of phenols is 3. The molecular weight excluding hydrogens is 1090 g/mol. The highest BCUT2D eigenvalue weighted by molar-refractivity contribution is 5.76. The molecule has 0 spiro atoms. The Morgan fingerprint density at radius 3 is 0.830 bits per heavy atom. The van der Waals surface area contributed by atoms with Crippen LogP contribution in [0.2, 0.25) is 0 Å². The van der Waals surface area contributed by atoms with E-state index in [2.05, 4.69) is 168 Å². The van der Waals surface area contributed by atoms with E-state index in [9.17, 15) is 29.7 Å². The summed E-state index contributed by atoms with van der Waals surface area (Å²) in [5.74, 6) is 1.34. The van der Waals surface area contributed by atoms with Gasteiger partial charge in [0.25, 0.3) is 0 Å². The molecule has 476 valence electrons. The van der Waals surface area contributed by atoms with Crippen molar-refractivity contribution in [3.8, 4) is 34.5 Å². The number of benzene rings is 6. The number of aromatic hydroxyl groups is 3. The third kappa shape index (κ3) is 17.1. The second-order valence-corrected chi connectivity index (χ2v) is 31.7. The maximum Gasteiger partial charge on any atom is 0.311 e. The van der Waals surface area contributed by atoms with Gasteiger partial charge in [-0.1, -0.05) is 204 Å². The summed E-state index contributed by atoms with van der Waals surface area (Å²) in [6, 6.07) is 25.0. The molecular formula is C79H106O9. The van der Waals surface area contributed by atoms with Crippen molar-refractivity contribution in [2.24, 2.45) is 0 Å². The molecule has 0 aliphatic rings. The largest absolute Gasteiger partial charge is 0.507 e. The zero-order chi connectivity index (χ0) is 66.3. The molecule has 0 aliphatic heterocycles. The molecule has 88 heavy (non-hydrogen) atoms. The van der Waals surface area contributed by atoms with Gasteiger partial charge in [-0.25, -0.2) is 0 Å². The first-order valence-corrected chi connectivity index (χ1v) is 31.8. The van der Waals surface area contributed by atoms with Crippen LogP contribution in [0.4, 0.5) is 0 Å². The molecule has 0 saturated carbocycles. The van der Waals surface area contributed by atoms with Gasteiger partial charge in [-0.2, -0.15) is 0 Å². The van der Waals surface area contributed by atoms with Crippen molar-refractivity contribution in [3.63, 3.8) is 0 Å². The number of phenolic OH excluding ortho intramolecular Hbond substituents is 3. The topological polar surface area (TPSA) is 140 Å². The third-order valence-electron chi connectivity index (χ3n) is 17.3. The summed E-state index contributed by atoms with van der Waals surface area (Å²) < 4.78 is 19.3. The quantitative estimate of drug-likeness (QED) is 0.0601. The summed E-state index contributed by atoms with van der Waals surface area (Å²) in [7, 11) is 0. The molecule has 0 radical (unpaired) electrons. The second kappa shape index (κ2) is 26.3. The van der Waals surface area contributed by atoms with Crippen molar-refractivity contribution in [2.75, 3.05) is 0 Å². The molecule has 9 heteroatoms. The van der Waals surface area contributed by atoms with Gasteiger partial charge in [0, 0.05) is 41.9 Å². The number of esters is 3. The lowest BCUT2D eigenvalue weighted by molar-refractivity contribution is -0.135. The Bertz CT molecular complexity index is 3430. The molecule has 6 rings (SSSR count). The summed E-state index contributed by atoms with van der Waals surface area (Å²) in [5, 5.41) is 32.7. The molecule has 0 fully saturated rings. The minimum absolute atomic E-state index is 0.0271. The molecule has 0 bridgehead atoms. The summed E-state index contributed by atoms with van der Waals surface area (Å²) in [5.41, 5.74) is 14.2. The molecule has 3 N–H and O–H groups in total. The van der Waals surface area contributed by atoms with Crippen LogP contribution in [0.15, 0.2) is 72.8 Å². The first-order chi connectivity index (χ1) is 40.3. The number of aryl methyl sites for hydroxylation is 9. The number of hydrogen-bond acceptors (Lipinski definition) is 9. The number of ether oxygens (including phenoxy) is 3. The summed E-state index contributed by atoms with van der Waals surface area (Å²) in [4.78, 5) is 42.0. The lowest BCUT2D eigenvalue weighted by Gasteiger charge is -2.31. The highest BCUT2D eigenvalue weighted by Crippen LogP contribution is 2.47. The average molecular weight is 1200 g/mol. The molecule has 0 aromatic heterocycles. The van der Waals surface area contributed by atoms with Gasteiger partial charge in [0.05, 0.1) is 0 Å². The van der Waals surface area contributed by atoms with E-state index in [1.165, 1.54) is 0 Å². The standard InChI is InChI=1S/C79H106O9/c1-45(55-35-49(5)71(62(42-55)77(17,18)19)86-65(80)29-26-52-32-46(2)68(83)59(39-52)74(8,9)10)38-58(56-36-50(6)72(63(43-56)78(20,21)22)87-66(81)30-27-53-33-47(3)69(84)60(40-53)75(11,12)13)57-37-51(7)73(64(44-57)79(23,24)25)88-67(82)31-28-54-34-48(4)70(85)61(41-54)76(14,15)16/h32-37,39-45,58,83-85H,26-31,38H2,1-25H3. The normalized spacial score (nSPS) is 13.0. The summed E-state index contributed by atoms with van der Waals surface area (Å²) >= 11 is 0. The Balaban J connectivity index is 1.42. The van der Waals surface area contributed by atoms with Gasteiger partial charge < -0.3 is 29.5 Å². The minimum atomic E-state index is -0.440. The van der Waals surface area contributed by atoms with Crippen LogP contribution < -0.4 is 14.2 Å². The first kappa shape index (κ1) is 70.2. The molecule has 9 nitrogen and oxygen atoms in total.